The van der Waals surface area contributed by atoms with Crippen molar-refractivity contribution in [3.63, 3.8) is 0 Å². The number of aliphatic carboxylic acids is 1. The third-order valence-corrected chi connectivity index (χ3v) is 2.65. The second-order valence-electron chi connectivity index (χ2n) is 4.06. The van der Waals surface area contributed by atoms with Gasteiger partial charge in [-0.15, -0.1) is 12.3 Å². The van der Waals surface area contributed by atoms with E-state index in [1.54, 1.807) is 30.3 Å². The molecule has 1 aromatic carbocycles. The first-order valence-electron chi connectivity index (χ1n) is 5.80. The van der Waals surface area contributed by atoms with Crippen LogP contribution in [0.2, 0.25) is 0 Å². The van der Waals surface area contributed by atoms with Gasteiger partial charge < -0.3 is 16.2 Å². The zero-order chi connectivity index (χ0) is 14.3. The van der Waals surface area contributed by atoms with E-state index in [0.29, 0.717) is 5.56 Å². The van der Waals surface area contributed by atoms with E-state index >= 15 is 0 Å². The van der Waals surface area contributed by atoms with E-state index in [1.807, 2.05) is 0 Å². The van der Waals surface area contributed by atoms with Crippen LogP contribution in [0.25, 0.3) is 0 Å². The molecule has 0 saturated heterocycles. The molecule has 100 valence electrons. The summed E-state index contributed by atoms with van der Waals surface area (Å²) in [6, 6.07) is 7.88. The van der Waals surface area contributed by atoms with E-state index in [9.17, 15) is 9.59 Å². The second-order valence-corrected chi connectivity index (χ2v) is 4.06. The van der Waals surface area contributed by atoms with Crippen molar-refractivity contribution < 1.29 is 14.7 Å². The average molecular weight is 260 g/mol. The fourth-order valence-corrected chi connectivity index (χ4v) is 1.59. The van der Waals surface area contributed by atoms with Crippen molar-refractivity contribution in [2.24, 2.45) is 5.73 Å². The molecule has 1 rings (SSSR count). The molecule has 0 aliphatic carbocycles. The maximum absolute atomic E-state index is 11.6. The predicted octanol–water partition coefficient (Wildman–Crippen LogP) is 0.322. The summed E-state index contributed by atoms with van der Waals surface area (Å²) < 4.78 is 0. The van der Waals surface area contributed by atoms with Gasteiger partial charge in [-0.05, 0) is 5.56 Å². The molecule has 2 unspecified atom stereocenters. The van der Waals surface area contributed by atoms with Crippen LogP contribution < -0.4 is 11.1 Å². The standard InChI is InChI=1S/C14H16N2O3/c1-2-6-12(15)13(17)16-9-11(14(18)19)10-7-4-3-5-8-10/h1,3-5,7-8,11-12H,6,9,15H2,(H,16,17)(H,18,19). The molecule has 0 saturated carbocycles. The monoisotopic (exact) mass is 260 g/mol. The molecule has 0 radical (unpaired) electrons. The molecule has 0 spiro atoms. The van der Waals surface area contributed by atoms with Gasteiger partial charge in [-0.1, -0.05) is 30.3 Å². The van der Waals surface area contributed by atoms with Crippen LogP contribution in [-0.4, -0.2) is 29.6 Å². The number of nitrogens with one attached hydrogen (secondary N) is 1. The SMILES string of the molecule is C#CCC(N)C(=O)NCC(C(=O)O)c1ccccc1. The molecule has 4 N–H and O–H groups in total. The molecule has 1 aromatic rings. The highest BCUT2D eigenvalue weighted by Crippen LogP contribution is 2.14. The third kappa shape index (κ3) is 4.45. The van der Waals surface area contributed by atoms with Gasteiger partial charge in [-0.3, -0.25) is 9.59 Å². The van der Waals surface area contributed by atoms with Crippen LogP contribution in [0.1, 0.15) is 17.9 Å². The van der Waals surface area contributed by atoms with Crippen molar-refractivity contribution in [2.75, 3.05) is 6.54 Å². The molecule has 0 fully saturated rings. The van der Waals surface area contributed by atoms with Crippen LogP contribution in [0.4, 0.5) is 0 Å². The second kappa shape index (κ2) is 7.19. The number of carboxylic acid groups (broad SMARTS) is 1. The van der Waals surface area contributed by atoms with Gasteiger partial charge in [0.05, 0.1) is 12.0 Å². The fraction of sp³-hybridized carbons (Fsp3) is 0.286. The highest BCUT2D eigenvalue weighted by Gasteiger charge is 2.21. The number of amides is 1. The van der Waals surface area contributed by atoms with Gasteiger partial charge in [0, 0.05) is 13.0 Å². The van der Waals surface area contributed by atoms with Gasteiger partial charge in [-0.2, -0.15) is 0 Å². The summed E-state index contributed by atoms with van der Waals surface area (Å²) in [6.07, 6.45) is 5.18. The van der Waals surface area contributed by atoms with Crippen molar-refractivity contribution in [1.82, 2.24) is 5.32 Å². The van der Waals surface area contributed by atoms with Crippen LogP contribution in [-0.2, 0) is 9.59 Å². The zero-order valence-electron chi connectivity index (χ0n) is 10.4. The number of rotatable bonds is 6. The minimum Gasteiger partial charge on any atom is -0.481 e. The Hall–Kier alpha value is -2.32. The minimum atomic E-state index is -1.00. The maximum atomic E-state index is 11.6. The molecule has 0 aromatic heterocycles. The molecule has 2 atom stereocenters. The number of hydrogen-bond donors (Lipinski definition) is 3. The van der Waals surface area contributed by atoms with Gasteiger partial charge in [0.15, 0.2) is 0 Å². The molecular weight excluding hydrogens is 244 g/mol. The lowest BCUT2D eigenvalue weighted by atomic mass is 9.99. The van der Waals surface area contributed by atoms with Gasteiger partial charge in [0.25, 0.3) is 0 Å². The van der Waals surface area contributed by atoms with Crippen molar-refractivity contribution in [3.05, 3.63) is 35.9 Å². The van der Waals surface area contributed by atoms with Crippen molar-refractivity contribution in [3.8, 4) is 12.3 Å². The summed E-state index contributed by atoms with van der Waals surface area (Å²) >= 11 is 0. The first-order valence-corrected chi connectivity index (χ1v) is 5.80. The first kappa shape index (κ1) is 14.7. The third-order valence-electron chi connectivity index (χ3n) is 2.65. The minimum absolute atomic E-state index is 0.0174. The lowest BCUT2D eigenvalue weighted by molar-refractivity contribution is -0.138. The largest absolute Gasteiger partial charge is 0.481 e. The number of hydrogen-bond acceptors (Lipinski definition) is 3. The number of carboxylic acids is 1. The number of nitrogens with two attached hydrogens (primary N) is 1. The molecule has 0 heterocycles. The summed E-state index contributed by atoms with van der Waals surface area (Å²) in [5, 5.41) is 11.7. The quantitative estimate of drug-likeness (QED) is 0.642. The van der Waals surface area contributed by atoms with E-state index in [1.165, 1.54) is 0 Å². The summed E-state index contributed by atoms with van der Waals surface area (Å²) in [5.74, 6) is 0.0386. The topological polar surface area (TPSA) is 92.4 Å². The first-order chi connectivity index (χ1) is 9.06. The normalized spacial score (nSPS) is 13.1. The highest BCUT2D eigenvalue weighted by atomic mass is 16.4. The van der Waals surface area contributed by atoms with Crippen LogP contribution in [0.5, 0.6) is 0 Å². The molecule has 0 bridgehead atoms. The Balaban J connectivity index is 2.65. The lowest BCUT2D eigenvalue weighted by Crippen LogP contribution is -2.42. The summed E-state index contributed by atoms with van der Waals surface area (Å²) in [4.78, 5) is 22.8. The van der Waals surface area contributed by atoms with E-state index in [-0.39, 0.29) is 13.0 Å². The van der Waals surface area contributed by atoms with Gasteiger partial charge >= 0.3 is 5.97 Å². The molecule has 5 heteroatoms. The summed E-state index contributed by atoms with van der Waals surface area (Å²) in [6.45, 7) is -0.0174. The van der Waals surface area contributed by atoms with Crippen LogP contribution in [0.15, 0.2) is 30.3 Å². The number of terminal acetylenes is 1. The predicted molar refractivity (Wildman–Crippen MR) is 71.3 cm³/mol. The number of carbonyl (C=O) groups is 2. The molecule has 19 heavy (non-hydrogen) atoms. The smallest absolute Gasteiger partial charge is 0.312 e. The Bertz CT molecular complexity index is 479. The zero-order valence-corrected chi connectivity index (χ0v) is 10.4. The molecular formula is C14H16N2O3. The van der Waals surface area contributed by atoms with Gasteiger partial charge in [0.1, 0.15) is 0 Å². The van der Waals surface area contributed by atoms with E-state index in [2.05, 4.69) is 11.2 Å². The Kier molecular flexibility index (Phi) is 5.58. The Labute approximate surface area is 111 Å². The van der Waals surface area contributed by atoms with Crippen molar-refractivity contribution >= 4 is 11.9 Å². The van der Waals surface area contributed by atoms with Gasteiger partial charge in [-0.25, -0.2) is 0 Å². The molecule has 1 amide bonds. The van der Waals surface area contributed by atoms with E-state index in [4.69, 9.17) is 17.3 Å². The number of carbonyl (C=O) groups excluding carboxylic acids is 1. The Morgan fingerprint density at radius 1 is 1.37 bits per heavy atom. The van der Waals surface area contributed by atoms with E-state index < -0.39 is 23.8 Å². The maximum Gasteiger partial charge on any atom is 0.312 e. The highest BCUT2D eigenvalue weighted by molar-refractivity contribution is 5.83. The molecule has 0 aliphatic rings. The van der Waals surface area contributed by atoms with Crippen molar-refractivity contribution in [2.45, 2.75) is 18.4 Å². The van der Waals surface area contributed by atoms with E-state index in [0.717, 1.165) is 0 Å². The van der Waals surface area contributed by atoms with Gasteiger partial charge in [0.2, 0.25) is 5.91 Å². The summed E-state index contributed by atoms with van der Waals surface area (Å²) in [5.41, 5.74) is 6.15. The Morgan fingerprint density at radius 2 is 2.00 bits per heavy atom. The molecule has 0 aliphatic heterocycles. The number of benzene rings is 1. The average Bonchev–Trinajstić information content (AvgIpc) is 2.39. The van der Waals surface area contributed by atoms with Crippen molar-refractivity contribution in [1.29, 1.82) is 0 Å². The summed E-state index contributed by atoms with van der Waals surface area (Å²) in [7, 11) is 0. The van der Waals surface area contributed by atoms with Crippen LogP contribution in [0, 0.1) is 12.3 Å². The Morgan fingerprint density at radius 3 is 2.53 bits per heavy atom. The van der Waals surface area contributed by atoms with Crippen LogP contribution in [0.3, 0.4) is 0 Å². The van der Waals surface area contributed by atoms with Crippen LogP contribution >= 0.6 is 0 Å². The fourth-order valence-electron chi connectivity index (χ4n) is 1.59. The lowest BCUT2D eigenvalue weighted by Gasteiger charge is -2.15. The molecule has 5 nitrogen and oxygen atoms in total.